The number of aromatic carboxylic acids is 1. The van der Waals surface area contributed by atoms with Gasteiger partial charge in [-0.25, -0.2) is 4.79 Å². The van der Waals surface area contributed by atoms with Gasteiger partial charge in [0.15, 0.2) is 0 Å². The molecule has 0 saturated carbocycles. The van der Waals surface area contributed by atoms with Crippen LogP contribution in [0.3, 0.4) is 0 Å². The third kappa shape index (κ3) is 3.32. The van der Waals surface area contributed by atoms with Crippen molar-refractivity contribution in [3.05, 3.63) is 35.4 Å². The summed E-state index contributed by atoms with van der Waals surface area (Å²) >= 11 is 0. The van der Waals surface area contributed by atoms with Crippen LogP contribution in [0, 0.1) is 0 Å². The van der Waals surface area contributed by atoms with E-state index in [1.165, 1.54) is 6.07 Å². The molecule has 102 valence electrons. The number of carbonyl (C=O) groups excluding carboxylic acids is 1. The summed E-state index contributed by atoms with van der Waals surface area (Å²) in [6.07, 6.45) is 0.159. The van der Waals surface area contributed by atoms with Gasteiger partial charge in [-0.05, 0) is 18.7 Å². The predicted molar refractivity (Wildman–Crippen MR) is 71.2 cm³/mol. The van der Waals surface area contributed by atoms with Crippen molar-refractivity contribution in [2.24, 2.45) is 0 Å². The van der Waals surface area contributed by atoms with Crippen LogP contribution in [0.5, 0.6) is 0 Å². The van der Waals surface area contributed by atoms with Crippen molar-refractivity contribution in [1.29, 1.82) is 0 Å². The van der Waals surface area contributed by atoms with Crippen LogP contribution in [-0.2, 0) is 11.2 Å². The fourth-order valence-electron chi connectivity index (χ4n) is 2.21. The molecule has 0 spiro atoms. The van der Waals surface area contributed by atoms with E-state index in [1.54, 1.807) is 23.1 Å². The monoisotopic (exact) mass is 262 g/mol. The minimum Gasteiger partial charge on any atom is -0.478 e. The second-order valence-corrected chi connectivity index (χ2v) is 4.82. The van der Waals surface area contributed by atoms with Gasteiger partial charge in [-0.2, -0.15) is 0 Å². The molecule has 0 bridgehead atoms. The Kier molecular flexibility index (Phi) is 4.16. The molecule has 0 unspecified atom stereocenters. The fraction of sp³-hybridized carbons (Fsp3) is 0.429. The number of rotatable bonds is 3. The maximum absolute atomic E-state index is 12.2. The first-order valence-electron chi connectivity index (χ1n) is 6.35. The highest BCUT2D eigenvalue weighted by Crippen LogP contribution is 2.12. The minimum absolute atomic E-state index is 0.00167. The average Bonchev–Trinajstić information content (AvgIpc) is 2.39. The van der Waals surface area contributed by atoms with Crippen molar-refractivity contribution < 1.29 is 14.7 Å². The van der Waals surface area contributed by atoms with E-state index in [9.17, 15) is 9.59 Å². The molecular weight excluding hydrogens is 244 g/mol. The zero-order valence-corrected chi connectivity index (χ0v) is 11.0. The number of benzene rings is 1. The molecule has 0 atom stereocenters. The largest absolute Gasteiger partial charge is 0.478 e. The second-order valence-electron chi connectivity index (χ2n) is 4.82. The Hall–Kier alpha value is -1.88. The predicted octanol–water partition coefficient (Wildman–Crippen LogP) is 0.701. The summed E-state index contributed by atoms with van der Waals surface area (Å²) in [6.45, 7) is 3.16. The van der Waals surface area contributed by atoms with Crippen molar-refractivity contribution >= 4 is 11.9 Å². The van der Waals surface area contributed by atoms with E-state index in [1.807, 2.05) is 7.05 Å². The maximum atomic E-state index is 12.2. The lowest BCUT2D eigenvalue weighted by atomic mass is 10.0. The van der Waals surface area contributed by atoms with Crippen molar-refractivity contribution in [3.63, 3.8) is 0 Å². The first kappa shape index (κ1) is 13.5. The van der Waals surface area contributed by atoms with Gasteiger partial charge in [0.05, 0.1) is 12.0 Å². The molecule has 1 saturated heterocycles. The topological polar surface area (TPSA) is 60.9 Å². The number of carboxylic acid groups (broad SMARTS) is 1. The third-order valence-electron chi connectivity index (χ3n) is 3.45. The van der Waals surface area contributed by atoms with Gasteiger partial charge >= 0.3 is 5.97 Å². The van der Waals surface area contributed by atoms with E-state index in [0.717, 1.165) is 13.1 Å². The quantitative estimate of drug-likeness (QED) is 0.871. The highest BCUT2D eigenvalue weighted by molar-refractivity contribution is 5.91. The summed E-state index contributed by atoms with van der Waals surface area (Å²) in [5.74, 6) is -0.983. The molecule has 5 heteroatoms. The Morgan fingerprint density at radius 2 is 1.79 bits per heavy atom. The molecule has 1 aromatic rings. The molecule has 0 aliphatic carbocycles. The number of hydrogen-bond donors (Lipinski definition) is 1. The molecule has 1 aliphatic heterocycles. The van der Waals surface area contributed by atoms with Crippen LogP contribution in [0.25, 0.3) is 0 Å². The second kappa shape index (κ2) is 5.84. The molecule has 5 nitrogen and oxygen atoms in total. The smallest absolute Gasteiger partial charge is 0.335 e. The van der Waals surface area contributed by atoms with Gasteiger partial charge in [0.25, 0.3) is 0 Å². The first-order chi connectivity index (χ1) is 9.08. The highest BCUT2D eigenvalue weighted by Gasteiger charge is 2.20. The summed E-state index contributed by atoms with van der Waals surface area (Å²) in [5, 5.41) is 9.09. The Bertz CT molecular complexity index is 479. The SMILES string of the molecule is CN1CCN(C(=O)Cc2ccccc2C(=O)O)CC1. The molecule has 19 heavy (non-hydrogen) atoms. The Morgan fingerprint density at radius 3 is 2.42 bits per heavy atom. The molecule has 1 aromatic carbocycles. The van der Waals surface area contributed by atoms with Gasteiger partial charge in [-0.3, -0.25) is 4.79 Å². The van der Waals surface area contributed by atoms with Crippen LogP contribution in [-0.4, -0.2) is 60.0 Å². The van der Waals surface area contributed by atoms with Crippen LogP contribution in [0.15, 0.2) is 24.3 Å². The van der Waals surface area contributed by atoms with Crippen LogP contribution >= 0.6 is 0 Å². The normalized spacial score (nSPS) is 16.4. The van der Waals surface area contributed by atoms with E-state index < -0.39 is 5.97 Å². The maximum Gasteiger partial charge on any atom is 0.335 e. The van der Waals surface area contributed by atoms with Crippen LogP contribution in [0.2, 0.25) is 0 Å². The molecule has 1 fully saturated rings. The lowest BCUT2D eigenvalue weighted by Crippen LogP contribution is -2.47. The zero-order valence-electron chi connectivity index (χ0n) is 11.0. The van der Waals surface area contributed by atoms with E-state index in [0.29, 0.717) is 18.7 Å². The number of carbonyl (C=O) groups is 2. The minimum atomic E-state index is -0.984. The van der Waals surface area contributed by atoms with E-state index >= 15 is 0 Å². The standard InChI is InChI=1S/C14H18N2O3/c1-15-6-8-16(9-7-15)13(17)10-11-4-2-3-5-12(11)14(18)19/h2-5H,6-10H2,1H3,(H,18,19). The van der Waals surface area contributed by atoms with Crippen LogP contribution in [0.1, 0.15) is 15.9 Å². The van der Waals surface area contributed by atoms with Crippen molar-refractivity contribution in [2.75, 3.05) is 33.2 Å². The number of hydrogen-bond acceptors (Lipinski definition) is 3. The molecule has 1 amide bonds. The molecule has 1 heterocycles. The highest BCUT2D eigenvalue weighted by atomic mass is 16.4. The number of carboxylic acids is 1. The Labute approximate surface area is 112 Å². The van der Waals surface area contributed by atoms with E-state index in [2.05, 4.69) is 4.90 Å². The summed E-state index contributed by atoms with van der Waals surface area (Å²) in [4.78, 5) is 27.2. The number of amides is 1. The molecule has 0 aromatic heterocycles. The summed E-state index contributed by atoms with van der Waals surface area (Å²) in [5.41, 5.74) is 0.795. The molecule has 1 aliphatic rings. The van der Waals surface area contributed by atoms with Gasteiger partial charge in [0.1, 0.15) is 0 Å². The summed E-state index contributed by atoms with van der Waals surface area (Å²) in [6, 6.07) is 6.68. The van der Waals surface area contributed by atoms with Crippen LogP contribution < -0.4 is 0 Å². The fourth-order valence-corrected chi connectivity index (χ4v) is 2.21. The number of piperazine rings is 1. The number of nitrogens with zero attached hydrogens (tertiary/aromatic N) is 2. The summed E-state index contributed by atoms with van der Waals surface area (Å²) < 4.78 is 0. The molecular formula is C14H18N2O3. The van der Waals surface area contributed by atoms with Gasteiger partial charge in [-0.1, -0.05) is 18.2 Å². The average molecular weight is 262 g/mol. The molecule has 0 radical (unpaired) electrons. The summed E-state index contributed by atoms with van der Waals surface area (Å²) in [7, 11) is 2.03. The van der Waals surface area contributed by atoms with Gasteiger partial charge in [0.2, 0.25) is 5.91 Å². The molecule has 1 N–H and O–H groups in total. The number of likely N-dealkylation sites (N-methyl/N-ethyl adjacent to an activating group) is 1. The Balaban J connectivity index is 2.05. The molecule has 2 rings (SSSR count). The van der Waals surface area contributed by atoms with Gasteiger partial charge < -0.3 is 14.9 Å². The first-order valence-corrected chi connectivity index (χ1v) is 6.35. The van der Waals surface area contributed by atoms with Crippen molar-refractivity contribution in [2.45, 2.75) is 6.42 Å². The van der Waals surface area contributed by atoms with E-state index in [-0.39, 0.29) is 17.9 Å². The lowest BCUT2D eigenvalue weighted by molar-refractivity contribution is -0.132. The van der Waals surface area contributed by atoms with Crippen molar-refractivity contribution in [3.8, 4) is 0 Å². The lowest BCUT2D eigenvalue weighted by Gasteiger charge is -2.32. The van der Waals surface area contributed by atoms with Crippen molar-refractivity contribution in [1.82, 2.24) is 9.80 Å². The Morgan fingerprint density at radius 1 is 1.16 bits per heavy atom. The van der Waals surface area contributed by atoms with Gasteiger partial charge in [-0.15, -0.1) is 0 Å². The zero-order chi connectivity index (χ0) is 13.8. The van der Waals surface area contributed by atoms with Crippen LogP contribution in [0.4, 0.5) is 0 Å². The third-order valence-corrected chi connectivity index (χ3v) is 3.45. The van der Waals surface area contributed by atoms with Gasteiger partial charge in [0, 0.05) is 26.2 Å². The van der Waals surface area contributed by atoms with E-state index in [4.69, 9.17) is 5.11 Å².